The molecular weight excluding hydrogens is 505 g/mol. The van der Waals surface area contributed by atoms with Crippen molar-refractivity contribution in [1.29, 1.82) is 5.26 Å². The van der Waals surface area contributed by atoms with Gasteiger partial charge in [0.1, 0.15) is 28.4 Å². The molecule has 0 spiro atoms. The van der Waals surface area contributed by atoms with Crippen LogP contribution < -0.4 is 14.5 Å². The molecule has 7 nitrogen and oxygen atoms in total. The van der Waals surface area contributed by atoms with Crippen molar-refractivity contribution in [3.63, 3.8) is 0 Å². The monoisotopic (exact) mass is 523 g/mol. The van der Waals surface area contributed by atoms with Crippen molar-refractivity contribution in [3.8, 4) is 6.07 Å². The number of nitriles is 1. The van der Waals surface area contributed by atoms with Crippen LogP contribution in [-0.2, 0) is 16.2 Å². The van der Waals surface area contributed by atoms with E-state index in [1.54, 1.807) is 15.9 Å². The minimum absolute atomic E-state index is 0.0438. The second-order valence-corrected chi connectivity index (χ2v) is 9.56. The summed E-state index contributed by atoms with van der Waals surface area (Å²) in [4.78, 5) is 6.97. The average Bonchev–Trinajstić information content (AvgIpc) is 2.83. The molecule has 0 radical (unpaired) electrons. The Morgan fingerprint density at radius 3 is 2.31 bits per heavy atom. The molecule has 0 aliphatic carbocycles. The maximum absolute atomic E-state index is 13.9. The van der Waals surface area contributed by atoms with Crippen molar-refractivity contribution in [3.05, 3.63) is 77.5 Å². The molecule has 0 bridgehead atoms. The van der Waals surface area contributed by atoms with E-state index in [0.29, 0.717) is 37.9 Å². The van der Waals surface area contributed by atoms with E-state index in [9.17, 15) is 35.6 Å². The Balaban J connectivity index is 1.49. The van der Waals surface area contributed by atoms with Crippen molar-refractivity contribution >= 4 is 27.2 Å². The Kier molecular flexibility index (Phi) is 6.73. The third-order valence-electron chi connectivity index (χ3n) is 5.54. The Bertz CT molecular complexity index is 1430. The fourth-order valence-electron chi connectivity index (χ4n) is 3.81. The van der Waals surface area contributed by atoms with Crippen LogP contribution in [0.2, 0.25) is 0 Å². The number of pyridine rings is 1. The predicted octanol–water partition coefficient (Wildman–Crippen LogP) is 4.38. The van der Waals surface area contributed by atoms with Gasteiger partial charge in [-0.15, -0.1) is 0 Å². The number of hydrogen-bond donors (Lipinski definition) is 1. The van der Waals surface area contributed by atoms with E-state index in [0.717, 1.165) is 30.5 Å². The van der Waals surface area contributed by atoms with E-state index in [1.807, 2.05) is 6.07 Å². The lowest BCUT2D eigenvalue weighted by Gasteiger charge is -2.37. The molecule has 4 rings (SSSR count). The van der Waals surface area contributed by atoms with Gasteiger partial charge in [-0.3, -0.25) is 4.72 Å². The van der Waals surface area contributed by atoms with Crippen LogP contribution in [0.3, 0.4) is 0 Å². The Labute approximate surface area is 203 Å². The number of rotatable bonds is 5. The van der Waals surface area contributed by atoms with E-state index < -0.39 is 38.3 Å². The number of nitrogens with zero attached hydrogens (tertiary/aromatic N) is 4. The first kappa shape index (κ1) is 25.2. The smallest absolute Gasteiger partial charge is 0.368 e. The molecule has 0 atom stereocenters. The highest BCUT2D eigenvalue weighted by molar-refractivity contribution is 7.92. The van der Waals surface area contributed by atoms with Crippen LogP contribution in [0.15, 0.2) is 59.6 Å². The van der Waals surface area contributed by atoms with Crippen LogP contribution in [0, 0.1) is 23.0 Å². The van der Waals surface area contributed by atoms with Gasteiger partial charge in [0.25, 0.3) is 10.0 Å². The number of alkyl halides is 3. The van der Waals surface area contributed by atoms with E-state index in [2.05, 4.69) is 9.71 Å². The number of aromatic nitrogens is 1. The molecule has 2 heterocycles. The number of halogens is 5. The highest BCUT2D eigenvalue weighted by atomic mass is 32.2. The summed E-state index contributed by atoms with van der Waals surface area (Å²) in [5.74, 6) is -1.93. The summed E-state index contributed by atoms with van der Waals surface area (Å²) < 4.78 is 93.3. The second-order valence-electron chi connectivity index (χ2n) is 7.91. The molecule has 1 aliphatic rings. The number of benzene rings is 2. The van der Waals surface area contributed by atoms with Crippen LogP contribution in [0.1, 0.15) is 11.1 Å². The van der Waals surface area contributed by atoms with Crippen LogP contribution in [0.25, 0.3) is 0 Å². The van der Waals surface area contributed by atoms with Crippen molar-refractivity contribution in [2.24, 2.45) is 0 Å². The van der Waals surface area contributed by atoms with E-state index in [4.69, 9.17) is 0 Å². The first-order chi connectivity index (χ1) is 17.0. The third-order valence-corrected chi connectivity index (χ3v) is 6.96. The summed E-state index contributed by atoms with van der Waals surface area (Å²) in [7, 11) is -4.42. The zero-order valence-corrected chi connectivity index (χ0v) is 19.2. The van der Waals surface area contributed by atoms with Crippen LogP contribution >= 0.6 is 0 Å². The molecule has 188 valence electrons. The topological polar surface area (TPSA) is 89.3 Å². The zero-order valence-electron chi connectivity index (χ0n) is 18.4. The molecule has 0 saturated carbocycles. The molecular formula is C23H18F5N5O2S. The first-order valence-corrected chi connectivity index (χ1v) is 12.0. The highest BCUT2D eigenvalue weighted by Gasteiger charge is 2.31. The molecule has 3 aromatic rings. The second kappa shape index (κ2) is 9.62. The van der Waals surface area contributed by atoms with Gasteiger partial charge in [-0.2, -0.15) is 18.4 Å². The summed E-state index contributed by atoms with van der Waals surface area (Å²) in [5.41, 5.74) is -0.367. The van der Waals surface area contributed by atoms with Gasteiger partial charge in [0.05, 0.1) is 23.0 Å². The lowest BCUT2D eigenvalue weighted by atomic mass is 10.1. The van der Waals surface area contributed by atoms with Gasteiger partial charge < -0.3 is 9.80 Å². The molecule has 1 aromatic heterocycles. The van der Waals surface area contributed by atoms with Crippen LogP contribution in [0.5, 0.6) is 0 Å². The summed E-state index contributed by atoms with van der Waals surface area (Å²) in [5, 5.41) is 9.59. The summed E-state index contributed by atoms with van der Waals surface area (Å²) >= 11 is 0. The largest absolute Gasteiger partial charge is 0.416 e. The number of anilines is 3. The molecule has 1 aliphatic heterocycles. The number of piperazine rings is 1. The maximum atomic E-state index is 13.9. The average molecular weight is 523 g/mol. The molecule has 1 saturated heterocycles. The van der Waals surface area contributed by atoms with Crippen molar-refractivity contribution in [1.82, 2.24) is 4.98 Å². The third kappa shape index (κ3) is 5.33. The predicted molar refractivity (Wildman–Crippen MR) is 122 cm³/mol. The molecule has 2 aromatic carbocycles. The number of hydrogen-bond acceptors (Lipinski definition) is 6. The molecule has 1 fully saturated rings. The van der Waals surface area contributed by atoms with Gasteiger partial charge in [-0.1, -0.05) is 6.07 Å². The van der Waals surface area contributed by atoms with E-state index in [-0.39, 0.29) is 17.1 Å². The highest BCUT2D eigenvalue weighted by Crippen LogP contribution is 2.32. The van der Waals surface area contributed by atoms with Gasteiger partial charge in [-0.25, -0.2) is 22.2 Å². The normalized spacial score (nSPS) is 14.4. The minimum atomic E-state index is -4.45. The summed E-state index contributed by atoms with van der Waals surface area (Å²) in [6.45, 7) is 1.44. The molecule has 13 heteroatoms. The fourth-order valence-corrected chi connectivity index (χ4v) is 4.90. The summed E-state index contributed by atoms with van der Waals surface area (Å²) in [6, 6.07) is 10.2. The van der Waals surface area contributed by atoms with E-state index in [1.165, 1.54) is 12.1 Å². The van der Waals surface area contributed by atoms with Gasteiger partial charge in [0.15, 0.2) is 0 Å². The lowest BCUT2D eigenvalue weighted by Crippen LogP contribution is -2.47. The van der Waals surface area contributed by atoms with Crippen LogP contribution in [0.4, 0.5) is 39.1 Å². The lowest BCUT2D eigenvalue weighted by molar-refractivity contribution is -0.137. The first-order valence-electron chi connectivity index (χ1n) is 10.5. The fraction of sp³-hybridized carbons (Fsp3) is 0.217. The SMILES string of the molecule is N#Cc1cc(NS(=O)(=O)c2ccc(F)cc2F)cnc1N1CCN(c2cccc(C(F)(F)F)c2)CC1. The molecule has 1 N–H and O–H groups in total. The molecule has 36 heavy (non-hydrogen) atoms. The van der Waals surface area contributed by atoms with Gasteiger partial charge in [0, 0.05) is 37.9 Å². The Morgan fingerprint density at radius 1 is 0.972 bits per heavy atom. The van der Waals surface area contributed by atoms with Gasteiger partial charge in [-0.05, 0) is 36.4 Å². The number of nitrogens with one attached hydrogen (secondary N) is 1. The Hall–Kier alpha value is -3.92. The molecule has 0 amide bonds. The van der Waals surface area contributed by atoms with Gasteiger partial charge in [0.2, 0.25) is 0 Å². The van der Waals surface area contributed by atoms with Crippen LogP contribution in [-0.4, -0.2) is 39.6 Å². The number of sulfonamides is 1. The van der Waals surface area contributed by atoms with Crippen molar-refractivity contribution in [2.75, 3.05) is 40.7 Å². The quantitative estimate of drug-likeness (QED) is 0.500. The van der Waals surface area contributed by atoms with E-state index >= 15 is 0 Å². The van der Waals surface area contributed by atoms with Crippen molar-refractivity contribution in [2.45, 2.75) is 11.1 Å². The molecule has 0 unspecified atom stereocenters. The van der Waals surface area contributed by atoms with Gasteiger partial charge >= 0.3 is 6.18 Å². The minimum Gasteiger partial charge on any atom is -0.368 e. The Morgan fingerprint density at radius 2 is 1.67 bits per heavy atom. The maximum Gasteiger partial charge on any atom is 0.416 e. The standard InChI is InChI=1S/C23H18F5N5O2S/c24-17-4-5-21(20(25)12-17)36(34,35)31-18-10-15(13-29)22(30-14-18)33-8-6-32(7-9-33)19-3-1-2-16(11-19)23(26,27)28/h1-5,10-12,14,31H,6-9H2. The zero-order chi connectivity index (χ0) is 26.1. The summed E-state index contributed by atoms with van der Waals surface area (Å²) in [6.07, 6.45) is -3.29. The van der Waals surface area contributed by atoms with Crippen molar-refractivity contribution < 1.29 is 30.4 Å².